The minimum absolute atomic E-state index is 0.0880. The van der Waals surface area contributed by atoms with Crippen LogP contribution in [0.4, 0.5) is 4.39 Å². The van der Waals surface area contributed by atoms with Crippen LogP contribution in [0.5, 0.6) is 5.75 Å². The highest BCUT2D eigenvalue weighted by Gasteiger charge is 2.55. The lowest BCUT2D eigenvalue weighted by Gasteiger charge is -2.56. The number of hydrogen-bond acceptors (Lipinski definition) is 4. The van der Waals surface area contributed by atoms with E-state index in [9.17, 15) is 9.50 Å². The number of aliphatic hydroxyl groups is 1. The number of hydrogen-bond donors (Lipinski definition) is 1. The summed E-state index contributed by atoms with van der Waals surface area (Å²) in [6.45, 7) is 5.06. The molecule has 24 heavy (non-hydrogen) atoms. The molecule has 0 amide bonds. The molecule has 1 aromatic rings. The van der Waals surface area contributed by atoms with Crippen molar-refractivity contribution in [3.8, 4) is 5.75 Å². The van der Waals surface area contributed by atoms with Gasteiger partial charge in [0.1, 0.15) is 0 Å². The molecular weight excluding hydrogens is 333 g/mol. The third kappa shape index (κ3) is 3.15. The van der Waals surface area contributed by atoms with Crippen molar-refractivity contribution in [1.29, 1.82) is 0 Å². The van der Waals surface area contributed by atoms with Gasteiger partial charge in [-0.3, -0.25) is 4.90 Å². The average molecular weight is 358 g/mol. The predicted molar refractivity (Wildman–Crippen MR) is 90.9 cm³/mol. The van der Waals surface area contributed by atoms with Gasteiger partial charge < -0.3 is 14.6 Å². The molecule has 0 bridgehead atoms. The van der Waals surface area contributed by atoms with Gasteiger partial charge in [-0.25, -0.2) is 4.39 Å². The number of piperidine rings is 1. The van der Waals surface area contributed by atoms with E-state index in [1.807, 2.05) is 6.92 Å². The van der Waals surface area contributed by atoms with Crippen LogP contribution in [-0.4, -0.2) is 49.0 Å². The standard InChI is InChI=1S/C18H25ClFNO3/c1-3-24-16-10-15(22)18(16)4-6-21(7-5-18)11-12-8-13(19)17(23-2)14(20)9-12/h8-9,15-16,22H,3-7,10-11H2,1-2H3. The lowest BCUT2D eigenvalue weighted by molar-refractivity contribution is -0.209. The Balaban J connectivity index is 1.62. The molecule has 1 heterocycles. The molecule has 2 unspecified atom stereocenters. The summed E-state index contributed by atoms with van der Waals surface area (Å²) in [4.78, 5) is 2.27. The van der Waals surface area contributed by atoms with Crippen molar-refractivity contribution in [2.75, 3.05) is 26.8 Å². The molecule has 0 aromatic heterocycles. The third-order valence-electron chi connectivity index (χ3n) is 5.57. The minimum atomic E-state index is -0.431. The van der Waals surface area contributed by atoms with Crippen LogP contribution in [0.3, 0.4) is 0 Å². The first-order valence-electron chi connectivity index (χ1n) is 8.54. The van der Waals surface area contributed by atoms with E-state index >= 15 is 0 Å². The number of halogens is 2. The van der Waals surface area contributed by atoms with E-state index in [0.717, 1.165) is 37.9 Å². The van der Waals surface area contributed by atoms with Crippen molar-refractivity contribution in [3.05, 3.63) is 28.5 Å². The van der Waals surface area contributed by atoms with Crippen molar-refractivity contribution in [3.63, 3.8) is 0 Å². The Bertz CT molecular complexity index is 565. The van der Waals surface area contributed by atoms with E-state index < -0.39 is 5.82 Å². The SMILES string of the molecule is CCOC1CC(O)C12CCN(Cc1cc(F)c(OC)c(Cl)c1)CC2. The van der Waals surface area contributed by atoms with E-state index in [1.165, 1.54) is 13.2 Å². The van der Waals surface area contributed by atoms with Crippen LogP contribution in [0.1, 0.15) is 31.7 Å². The van der Waals surface area contributed by atoms with Gasteiger partial charge in [-0.1, -0.05) is 11.6 Å². The molecule has 1 saturated heterocycles. The van der Waals surface area contributed by atoms with Crippen molar-refractivity contribution < 1.29 is 19.0 Å². The second-order valence-corrected chi connectivity index (χ2v) is 7.20. The summed E-state index contributed by atoms with van der Waals surface area (Å²) in [7, 11) is 1.41. The van der Waals surface area contributed by atoms with Gasteiger partial charge in [0.15, 0.2) is 11.6 Å². The maximum Gasteiger partial charge on any atom is 0.173 e. The molecule has 1 N–H and O–H groups in total. The van der Waals surface area contributed by atoms with E-state index in [1.54, 1.807) is 6.07 Å². The van der Waals surface area contributed by atoms with E-state index in [4.69, 9.17) is 21.1 Å². The Labute approximate surface area is 147 Å². The largest absolute Gasteiger partial charge is 0.492 e. The summed E-state index contributed by atoms with van der Waals surface area (Å²) in [5, 5.41) is 10.5. The zero-order valence-electron chi connectivity index (χ0n) is 14.2. The lowest BCUT2D eigenvalue weighted by Crippen LogP contribution is -2.62. The van der Waals surface area contributed by atoms with Crippen LogP contribution in [0.15, 0.2) is 12.1 Å². The highest BCUT2D eigenvalue weighted by Crippen LogP contribution is 2.51. The fraction of sp³-hybridized carbons (Fsp3) is 0.667. The smallest absolute Gasteiger partial charge is 0.173 e. The normalized spacial score (nSPS) is 26.4. The first-order chi connectivity index (χ1) is 11.5. The van der Waals surface area contributed by atoms with E-state index in [0.29, 0.717) is 18.2 Å². The van der Waals surface area contributed by atoms with Gasteiger partial charge in [0.05, 0.1) is 24.3 Å². The molecule has 2 aliphatic rings. The molecular formula is C18H25ClFNO3. The van der Waals surface area contributed by atoms with Gasteiger partial charge in [0.2, 0.25) is 0 Å². The van der Waals surface area contributed by atoms with Gasteiger partial charge in [0, 0.05) is 25.0 Å². The topological polar surface area (TPSA) is 41.9 Å². The van der Waals surface area contributed by atoms with Crippen LogP contribution >= 0.6 is 11.6 Å². The molecule has 3 rings (SSSR count). The Morgan fingerprint density at radius 1 is 1.38 bits per heavy atom. The number of benzene rings is 1. The number of ether oxygens (including phenoxy) is 2. The predicted octanol–water partition coefficient (Wildman–Crippen LogP) is 3.24. The second-order valence-electron chi connectivity index (χ2n) is 6.80. The van der Waals surface area contributed by atoms with Crippen molar-refractivity contribution >= 4 is 11.6 Å². The monoisotopic (exact) mass is 357 g/mol. The number of methoxy groups -OCH3 is 1. The Morgan fingerprint density at radius 3 is 2.62 bits per heavy atom. The maximum absolute atomic E-state index is 14.0. The van der Waals surface area contributed by atoms with Gasteiger partial charge in [0.25, 0.3) is 0 Å². The molecule has 2 fully saturated rings. The molecule has 4 nitrogen and oxygen atoms in total. The van der Waals surface area contributed by atoms with Crippen LogP contribution in [0, 0.1) is 11.2 Å². The van der Waals surface area contributed by atoms with Crippen molar-refractivity contribution in [2.24, 2.45) is 5.41 Å². The molecule has 1 aromatic carbocycles. The molecule has 6 heteroatoms. The Kier molecular flexibility index (Phi) is 5.35. The Hall–Kier alpha value is -0.880. The minimum Gasteiger partial charge on any atom is -0.492 e. The number of likely N-dealkylation sites (tertiary alicyclic amines) is 1. The Morgan fingerprint density at radius 2 is 2.08 bits per heavy atom. The fourth-order valence-corrected chi connectivity index (χ4v) is 4.41. The maximum atomic E-state index is 14.0. The fourth-order valence-electron chi connectivity index (χ4n) is 4.10. The van der Waals surface area contributed by atoms with E-state index in [-0.39, 0.29) is 23.4 Å². The van der Waals surface area contributed by atoms with Crippen LogP contribution in [0.25, 0.3) is 0 Å². The average Bonchev–Trinajstić information content (AvgIpc) is 2.55. The third-order valence-corrected chi connectivity index (χ3v) is 5.85. The van der Waals surface area contributed by atoms with Gasteiger partial charge >= 0.3 is 0 Å². The van der Waals surface area contributed by atoms with Crippen LogP contribution in [0.2, 0.25) is 5.02 Å². The molecule has 2 atom stereocenters. The summed E-state index contributed by atoms with van der Waals surface area (Å²) in [6.07, 6.45) is 2.47. The first kappa shape index (κ1) is 17.9. The van der Waals surface area contributed by atoms with Crippen LogP contribution in [-0.2, 0) is 11.3 Å². The molecule has 1 spiro atoms. The zero-order valence-corrected chi connectivity index (χ0v) is 15.0. The second kappa shape index (κ2) is 7.16. The number of nitrogens with zero attached hydrogens (tertiary/aromatic N) is 1. The molecule has 1 saturated carbocycles. The molecule has 134 valence electrons. The number of aliphatic hydroxyl groups excluding tert-OH is 1. The van der Waals surface area contributed by atoms with E-state index in [2.05, 4.69) is 4.90 Å². The quantitative estimate of drug-likeness (QED) is 0.878. The van der Waals surface area contributed by atoms with Gasteiger partial charge in [-0.2, -0.15) is 0 Å². The highest BCUT2D eigenvalue weighted by molar-refractivity contribution is 6.32. The molecule has 0 radical (unpaired) electrons. The van der Waals surface area contributed by atoms with Gasteiger partial charge in [-0.15, -0.1) is 0 Å². The lowest BCUT2D eigenvalue weighted by atomic mass is 9.58. The summed E-state index contributed by atoms with van der Waals surface area (Å²) in [5.41, 5.74) is 0.750. The number of rotatable bonds is 5. The van der Waals surface area contributed by atoms with Crippen LogP contribution < -0.4 is 4.74 Å². The highest BCUT2D eigenvalue weighted by atomic mass is 35.5. The zero-order chi connectivity index (χ0) is 17.3. The molecule has 1 aliphatic heterocycles. The summed E-state index contributed by atoms with van der Waals surface area (Å²) >= 11 is 6.07. The summed E-state index contributed by atoms with van der Waals surface area (Å²) < 4.78 is 24.7. The van der Waals surface area contributed by atoms with Crippen molar-refractivity contribution in [1.82, 2.24) is 4.90 Å². The first-order valence-corrected chi connectivity index (χ1v) is 8.92. The van der Waals surface area contributed by atoms with Crippen molar-refractivity contribution in [2.45, 2.75) is 44.9 Å². The summed E-state index contributed by atoms with van der Waals surface area (Å²) in [6, 6.07) is 3.24. The summed E-state index contributed by atoms with van der Waals surface area (Å²) in [5.74, 6) is -0.338. The molecule has 1 aliphatic carbocycles. The van der Waals surface area contributed by atoms with Gasteiger partial charge in [-0.05, 0) is 50.6 Å².